The first-order chi connectivity index (χ1) is 3.30. The Balaban J connectivity index is 2.48. The summed E-state index contributed by atoms with van der Waals surface area (Å²) in [5, 5.41) is 0. The predicted octanol–water partition coefficient (Wildman–Crippen LogP) is -0.742. The molecule has 1 saturated heterocycles. The zero-order valence-electron chi connectivity index (χ0n) is 4.57. The van der Waals surface area contributed by atoms with Crippen LogP contribution < -0.4 is 5.43 Å². The summed E-state index contributed by atoms with van der Waals surface area (Å²) in [6, 6.07) is 0. The summed E-state index contributed by atoms with van der Waals surface area (Å²) in [4.78, 5) is 1.96. The molecule has 1 N–H and O–H groups in total. The molecule has 0 amide bonds. The van der Waals surface area contributed by atoms with Crippen molar-refractivity contribution in [3.8, 4) is 0 Å². The summed E-state index contributed by atoms with van der Waals surface area (Å²) >= 11 is 0. The van der Waals surface area contributed by atoms with Crippen LogP contribution in [0.1, 0.15) is 6.42 Å². The van der Waals surface area contributed by atoms with E-state index in [1.807, 2.05) is 12.9 Å². The monoisotopic (exact) mass is 96.1 g/mol. The maximum atomic E-state index is 3.80. The summed E-state index contributed by atoms with van der Waals surface area (Å²) in [6.45, 7) is 4.85. The van der Waals surface area contributed by atoms with Crippen LogP contribution >= 0.6 is 0 Å². The number of hydrogen-bond donors (Lipinski definition) is 1. The average molecular weight is 95.9 g/mol. The van der Waals surface area contributed by atoms with Gasteiger partial charge >= 0.3 is 0 Å². The summed E-state index contributed by atoms with van der Waals surface area (Å²) in [6.07, 6.45) is 1.09. The van der Waals surface area contributed by atoms with Crippen LogP contribution in [0.4, 0.5) is 0 Å². The molecular formula is C4H9BN2. The molecule has 0 aromatic rings. The average Bonchev–Trinajstić information content (AvgIpc) is 1.91. The van der Waals surface area contributed by atoms with Gasteiger partial charge in [0.15, 0.2) is 0 Å². The van der Waals surface area contributed by atoms with E-state index < -0.39 is 0 Å². The van der Waals surface area contributed by atoms with E-state index in [0.29, 0.717) is 0 Å². The third-order valence-corrected chi connectivity index (χ3v) is 1.24. The van der Waals surface area contributed by atoms with Crippen LogP contribution in [0.15, 0.2) is 12.3 Å². The van der Waals surface area contributed by atoms with E-state index in [1.165, 1.54) is 5.70 Å². The number of hydrazine groups is 1. The third-order valence-electron chi connectivity index (χ3n) is 1.24. The molecular weight excluding hydrogens is 86.9 g/mol. The van der Waals surface area contributed by atoms with Gasteiger partial charge in [-0.05, 0) is 0 Å². The zero-order valence-corrected chi connectivity index (χ0v) is 4.57. The molecule has 0 radical (unpaired) electrons. The van der Waals surface area contributed by atoms with Crippen LogP contribution in [-0.4, -0.2) is 19.4 Å². The SMILES string of the molecule is BN1NCCC1=C. The van der Waals surface area contributed by atoms with Crippen molar-refractivity contribution < 1.29 is 0 Å². The fraction of sp³-hybridized carbons (Fsp3) is 0.500. The highest BCUT2D eigenvalue weighted by Gasteiger charge is 2.06. The van der Waals surface area contributed by atoms with E-state index in [2.05, 4.69) is 12.0 Å². The Bertz CT molecular complexity index is 91.7. The standard InChI is InChI=1S/C4H9BN2/c1-4-2-3-6-7(4)5/h6H,1-3,5H2. The van der Waals surface area contributed by atoms with Crippen molar-refractivity contribution in [2.75, 3.05) is 6.54 Å². The van der Waals surface area contributed by atoms with Crippen molar-refractivity contribution in [2.45, 2.75) is 6.42 Å². The fourth-order valence-corrected chi connectivity index (χ4v) is 0.647. The third kappa shape index (κ3) is 0.773. The lowest BCUT2D eigenvalue weighted by atomic mass is 10.3. The van der Waals surface area contributed by atoms with Crippen LogP contribution in [-0.2, 0) is 0 Å². The molecule has 0 aromatic carbocycles. The summed E-state index contributed by atoms with van der Waals surface area (Å²) in [5.74, 6) is 0. The zero-order chi connectivity index (χ0) is 5.28. The number of rotatable bonds is 0. The molecule has 0 unspecified atom stereocenters. The van der Waals surface area contributed by atoms with Crippen molar-refractivity contribution >= 4 is 7.98 Å². The Morgan fingerprint density at radius 3 is 2.71 bits per heavy atom. The second-order valence-electron chi connectivity index (χ2n) is 1.78. The van der Waals surface area contributed by atoms with Gasteiger partial charge in [0.25, 0.3) is 0 Å². The van der Waals surface area contributed by atoms with Gasteiger partial charge in [0.05, 0.1) is 0 Å². The molecule has 0 spiro atoms. The second-order valence-corrected chi connectivity index (χ2v) is 1.78. The first-order valence-electron chi connectivity index (χ1n) is 2.46. The quantitative estimate of drug-likeness (QED) is 0.399. The molecule has 1 rings (SSSR count). The Morgan fingerprint density at radius 2 is 2.57 bits per heavy atom. The maximum absolute atomic E-state index is 3.80. The first kappa shape index (κ1) is 4.72. The lowest BCUT2D eigenvalue weighted by molar-refractivity contribution is 0.492. The van der Waals surface area contributed by atoms with Crippen molar-refractivity contribution in [1.82, 2.24) is 10.3 Å². The second kappa shape index (κ2) is 1.58. The Hall–Kier alpha value is -0.435. The van der Waals surface area contributed by atoms with Gasteiger partial charge in [0.1, 0.15) is 0 Å². The molecule has 1 aliphatic heterocycles. The van der Waals surface area contributed by atoms with Gasteiger partial charge in [-0.2, -0.15) is 0 Å². The van der Waals surface area contributed by atoms with E-state index in [9.17, 15) is 0 Å². The van der Waals surface area contributed by atoms with Crippen LogP contribution in [0.3, 0.4) is 0 Å². The molecule has 1 heterocycles. The van der Waals surface area contributed by atoms with Gasteiger partial charge in [0.2, 0.25) is 7.98 Å². The Morgan fingerprint density at radius 1 is 1.86 bits per heavy atom. The van der Waals surface area contributed by atoms with E-state index in [1.54, 1.807) is 0 Å². The minimum atomic E-state index is 1.05. The van der Waals surface area contributed by atoms with Gasteiger partial charge in [-0.15, -0.1) is 0 Å². The van der Waals surface area contributed by atoms with Crippen molar-refractivity contribution in [3.05, 3.63) is 12.3 Å². The largest absolute Gasteiger partial charge is 0.365 e. The molecule has 38 valence electrons. The molecule has 0 bridgehead atoms. The van der Waals surface area contributed by atoms with Gasteiger partial charge in [-0.1, -0.05) is 6.58 Å². The number of hydrogen-bond acceptors (Lipinski definition) is 2. The Labute approximate surface area is 44.6 Å². The summed E-state index contributed by atoms with van der Waals surface area (Å²) in [5.41, 5.74) is 4.28. The molecule has 2 nitrogen and oxygen atoms in total. The Kier molecular flexibility index (Phi) is 1.07. The minimum Gasteiger partial charge on any atom is -0.365 e. The van der Waals surface area contributed by atoms with Crippen LogP contribution in [0, 0.1) is 0 Å². The minimum absolute atomic E-state index is 1.05. The van der Waals surface area contributed by atoms with Crippen LogP contribution in [0.5, 0.6) is 0 Å². The number of nitrogens with zero attached hydrogens (tertiary/aromatic N) is 1. The molecule has 1 aliphatic rings. The smallest absolute Gasteiger partial charge is 0.239 e. The molecule has 0 aromatic heterocycles. The van der Waals surface area contributed by atoms with E-state index in [-0.39, 0.29) is 0 Å². The van der Waals surface area contributed by atoms with Gasteiger partial charge in [-0.25, -0.2) is 5.43 Å². The molecule has 3 heteroatoms. The summed E-state index contributed by atoms with van der Waals surface area (Å²) < 4.78 is 0. The highest BCUT2D eigenvalue weighted by atomic mass is 15.5. The normalized spacial score (nSPS) is 21.1. The van der Waals surface area contributed by atoms with Crippen molar-refractivity contribution in [3.63, 3.8) is 0 Å². The molecule has 0 saturated carbocycles. The predicted molar refractivity (Wildman–Crippen MR) is 32.1 cm³/mol. The lowest BCUT2D eigenvalue weighted by Gasteiger charge is -2.10. The highest BCUT2D eigenvalue weighted by molar-refractivity contribution is 6.05. The van der Waals surface area contributed by atoms with Crippen LogP contribution in [0.25, 0.3) is 0 Å². The van der Waals surface area contributed by atoms with Crippen LogP contribution in [0.2, 0.25) is 0 Å². The maximum Gasteiger partial charge on any atom is 0.239 e. The molecule has 0 atom stereocenters. The molecule has 0 aliphatic carbocycles. The van der Waals surface area contributed by atoms with Gasteiger partial charge < -0.3 is 4.92 Å². The van der Waals surface area contributed by atoms with Gasteiger partial charge in [0, 0.05) is 18.7 Å². The van der Waals surface area contributed by atoms with Gasteiger partial charge in [-0.3, -0.25) is 0 Å². The first-order valence-corrected chi connectivity index (χ1v) is 2.46. The lowest BCUT2D eigenvalue weighted by Crippen LogP contribution is -2.25. The topological polar surface area (TPSA) is 15.3 Å². The fourth-order valence-electron chi connectivity index (χ4n) is 0.647. The summed E-state index contributed by atoms with van der Waals surface area (Å²) in [7, 11) is 1.98. The van der Waals surface area contributed by atoms with Crippen molar-refractivity contribution in [1.29, 1.82) is 0 Å². The molecule has 7 heavy (non-hydrogen) atoms. The van der Waals surface area contributed by atoms with Crippen molar-refractivity contribution in [2.24, 2.45) is 0 Å². The van der Waals surface area contributed by atoms with E-state index >= 15 is 0 Å². The number of nitrogens with one attached hydrogen (secondary N) is 1. The van der Waals surface area contributed by atoms with E-state index in [0.717, 1.165) is 13.0 Å². The highest BCUT2D eigenvalue weighted by Crippen LogP contribution is 2.04. The van der Waals surface area contributed by atoms with E-state index in [4.69, 9.17) is 0 Å². The molecule has 1 fully saturated rings.